The summed E-state index contributed by atoms with van der Waals surface area (Å²) in [4.78, 5) is 11.2. The van der Waals surface area contributed by atoms with Crippen molar-refractivity contribution in [2.24, 2.45) is 0 Å². The van der Waals surface area contributed by atoms with Crippen molar-refractivity contribution in [2.45, 2.75) is 26.2 Å². The molecule has 0 spiro atoms. The monoisotopic (exact) mass is 219 g/mol. The minimum absolute atomic E-state index is 0.0482. The number of ether oxygens (including phenoxy) is 1. The summed E-state index contributed by atoms with van der Waals surface area (Å²) >= 11 is 0. The first kappa shape index (κ1) is 12.1. The average molecular weight is 219 g/mol. The topological polar surface area (TPSA) is 75.9 Å². The molecule has 5 nitrogen and oxygen atoms in total. The number of methoxy groups -OCH3 is 1. The number of aromatic nitrogens is 2. The van der Waals surface area contributed by atoms with E-state index < -0.39 is 5.97 Å². The van der Waals surface area contributed by atoms with E-state index in [1.807, 2.05) is 26.8 Å². The first-order chi connectivity index (χ1) is 7.40. The molecule has 0 N–H and O–H groups in total. The number of nitriles is 1. The molecule has 0 aliphatic rings. The lowest BCUT2D eigenvalue weighted by Crippen LogP contribution is -2.18. The van der Waals surface area contributed by atoms with Gasteiger partial charge in [-0.15, -0.1) is 5.10 Å². The lowest BCUT2D eigenvalue weighted by atomic mass is 9.89. The molecule has 1 aromatic rings. The summed E-state index contributed by atoms with van der Waals surface area (Å²) in [6.45, 7) is 5.78. The molecule has 5 heteroatoms. The van der Waals surface area contributed by atoms with Crippen LogP contribution in [0.4, 0.5) is 0 Å². The lowest BCUT2D eigenvalue weighted by molar-refractivity contribution is 0.0592. The van der Waals surface area contributed by atoms with Crippen LogP contribution in [0.2, 0.25) is 0 Å². The summed E-state index contributed by atoms with van der Waals surface area (Å²) < 4.78 is 4.51. The molecule has 1 rings (SSSR count). The number of carbonyl (C=O) groups excluding carboxylic acids is 1. The third kappa shape index (κ3) is 2.34. The van der Waals surface area contributed by atoms with Crippen LogP contribution in [0.5, 0.6) is 0 Å². The minimum Gasteiger partial charge on any atom is -0.464 e. The number of esters is 1. The Bertz CT molecular complexity index is 455. The highest BCUT2D eigenvalue weighted by atomic mass is 16.5. The molecule has 0 unspecified atom stereocenters. The fourth-order valence-corrected chi connectivity index (χ4v) is 1.24. The highest BCUT2D eigenvalue weighted by molar-refractivity contribution is 5.87. The van der Waals surface area contributed by atoms with E-state index in [1.54, 1.807) is 0 Å². The van der Waals surface area contributed by atoms with Crippen molar-refractivity contribution in [1.82, 2.24) is 10.2 Å². The van der Waals surface area contributed by atoms with E-state index in [0.29, 0.717) is 11.3 Å². The maximum Gasteiger partial charge on any atom is 0.358 e. The summed E-state index contributed by atoms with van der Waals surface area (Å²) in [6, 6.07) is 3.41. The van der Waals surface area contributed by atoms with E-state index in [0.717, 1.165) is 0 Å². The van der Waals surface area contributed by atoms with Crippen LogP contribution in [0, 0.1) is 11.3 Å². The summed E-state index contributed by atoms with van der Waals surface area (Å²) in [6.07, 6.45) is 0. The van der Waals surface area contributed by atoms with Crippen molar-refractivity contribution in [3.63, 3.8) is 0 Å². The summed E-state index contributed by atoms with van der Waals surface area (Å²) in [5.74, 6) is -0.593. The fourth-order valence-electron chi connectivity index (χ4n) is 1.24. The average Bonchev–Trinajstić information content (AvgIpc) is 2.25. The van der Waals surface area contributed by atoms with Crippen molar-refractivity contribution in [1.29, 1.82) is 5.26 Å². The van der Waals surface area contributed by atoms with Crippen molar-refractivity contribution >= 4 is 5.97 Å². The van der Waals surface area contributed by atoms with Gasteiger partial charge in [0.05, 0.1) is 18.4 Å². The molecule has 0 fully saturated rings. The Hall–Kier alpha value is -1.96. The summed E-state index contributed by atoms with van der Waals surface area (Å²) in [5, 5.41) is 16.7. The van der Waals surface area contributed by atoms with Crippen molar-refractivity contribution < 1.29 is 9.53 Å². The van der Waals surface area contributed by atoms with Gasteiger partial charge < -0.3 is 4.74 Å². The molecular formula is C11H13N3O2. The second-order valence-electron chi connectivity index (χ2n) is 4.35. The van der Waals surface area contributed by atoms with Crippen LogP contribution in [-0.2, 0) is 10.2 Å². The van der Waals surface area contributed by atoms with Crippen molar-refractivity contribution in [2.75, 3.05) is 7.11 Å². The van der Waals surface area contributed by atoms with Crippen LogP contribution in [0.3, 0.4) is 0 Å². The molecule has 0 saturated carbocycles. The summed E-state index contributed by atoms with van der Waals surface area (Å²) in [7, 11) is 1.26. The van der Waals surface area contributed by atoms with Gasteiger partial charge in [0.25, 0.3) is 0 Å². The Morgan fingerprint density at radius 2 is 2.06 bits per heavy atom. The van der Waals surface area contributed by atoms with E-state index in [9.17, 15) is 4.79 Å². The molecule has 0 saturated heterocycles. The molecule has 84 valence electrons. The number of carbonyl (C=O) groups is 1. The second kappa shape index (κ2) is 4.27. The number of hydrogen-bond donors (Lipinski definition) is 0. The molecule has 0 amide bonds. The van der Waals surface area contributed by atoms with Gasteiger partial charge in [0.1, 0.15) is 6.07 Å². The number of nitrogens with zero attached hydrogens (tertiary/aromatic N) is 3. The Balaban J connectivity index is 3.29. The SMILES string of the molecule is COC(=O)c1cc(C#N)c(C(C)(C)C)nn1. The van der Waals surface area contributed by atoms with Gasteiger partial charge in [-0.05, 0) is 6.07 Å². The fraction of sp³-hybridized carbons (Fsp3) is 0.455. The molecular weight excluding hydrogens is 206 g/mol. The van der Waals surface area contributed by atoms with Crippen LogP contribution < -0.4 is 0 Å². The zero-order chi connectivity index (χ0) is 12.3. The van der Waals surface area contributed by atoms with E-state index >= 15 is 0 Å². The van der Waals surface area contributed by atoms with Gasteiger partial charge in [-0.3, -0.25) is 0 Å². The van der Waals surface area contributed by atoms with Crippen LogP contribution in [-0.4, -0.2) is 23.3 Å². The van der Waals surface area contributed by atoms with Gasteiger partial charge in [-0.1, -0.05) is 20.8 Å². The van der Waals surface area contributed by atoms with Crippen molar-refractivity contribution in [3.05, 3.63) is 23.0 Å². The highest BCUT2D eigenvalue weighted by Gasteiger charge is 2.22. The second-order valence-corrected chi connectivity index (χ2v) is 4.35. The van der Waals surface area contributed by atoms with Gasteiger partial charge in [0.15, 0.2) is 5.69 Å². The molecule has 0 radical (unpaired) electrons. The largest absolute Gasteiger partial charge is 0.464 e. The molecule has 0 atom stereocenters. The van der Waals surface area contributed by atoms with Crippen LogP contribution >= 0.6 is 0 Å². The van der Waals surface area contributed by atoms with Crippen LogP contribution in [0.1, 0.15) is 42.5 Å². The van der Waals surface area contributed by atoms with Gasteiger partial charge in [0, 0.05) is 5.41 Å². The van der Waals surface area contributed by atoms with Crippen molar-refractivity contribution in [3.8, 4) is 6.07 Å². The van der Waals surface area contributed by atoms with Gasteiger partial charge in [-0.2, -0.15) is 10.4 Å². The van der Waals surface area contributed by atoms with E-state index in [4.69, 9.17) is 5.26 Å². The summed E-state index contributed by atoms with van der Waals surface area (Å²) in [5.41, 5.74) is 0.685. The lowest BCUT2D eigenvalue weighted by Gasteiger charge is -2.17. The molecule has 0 aliphatic heterocycles. The van der Waals surface area contributed by atoms with E-state index in [-0.39, 0.29) is 11.1 Å². The molecule has 0 bridgehead atoms. The Morgan fingerprint density at radius 3 is 2.50 bits per heavy atom. The highest BCUT2D eigenvalue weighted by Crippen LogP contribution is 2.22. The van der Waals surface area contributed by atoms with E-state index in [1.165, 1.54) is 13.2 Å². The first-order valence-electron chi connectivity index (χ1n) is 4.76. The smallest absolute Gasteiger partial charge is 0.358 e. The Labute approximate surface area is 94.1 Å². The van der Waals surface area contributed by atoms with Crippen LogP contribution in [0.15, 0.2) is 6.07 Å². The molecule has 16 heavy (non-hydrogen) atoms. The number of rotatable bonds is 1. The molecule has 0 aliphatic carbocycles. The Morgan fingerprint density at radius 1 is 1.44 bits per heavy atom. The standard InChI is InChI=1S/C11H13N3O2/c1-11(2,3)9-7(6-12)5-8(13-14-9)10(15)16-4/h5H,1-4H3. The minimum atomic E-state index is -0.593. The zero-order valence-corrected chi connectivity index (χ0v) is 9.74. The third-order valence-corrected chi connectivity index (χ3v) is 2.02. The maximum atomic E-state index is 11.2. The molecule has 1 aromatic heterocycles. The van der Waals surface area contributed by atoms with Gasteiger partial charge in [0.2, 0.25) is 0 Å². The first-order valence-corrected chi connectivity index (χ1v) is 4.76. The van der Waals surface area contributed by atoms with E-state index in [2.05, 4.69) is 14.9 Å². The Kier molecular flexibility index (Phi) is 3.23. The van der Waals surface area contributed by atoms with Gasteiger partial charge in [-0.25, -0.2) is 4.79 Å². The molecule has 0 aromatic carbocycles. The number of hydrogen-bond acceptors (Lipinski definition) is 5. The maximum absolute atomic E-state index is 11.2. The predicted octanol–water partition coefficient (Wildman–Crippen LogP) is 1.43. The zero-order valence-electron chi connectivity index (χ0n) is 9.74. The van der Waals surface area contributed by atoms with Gasteiger partial charge >= 0.3 is 5.97 Å². The third-order valence-electron chi connectivity index (χ3n) is 2.02. The normalized spacial score (nSPS) is 10.7. The molecule has 1 heterocycles. The van der Waals surface area contributed by atoms with Crippen LogP contribution in [0.25, 0.3) is 0 Å². The predicted molar refractivity (Wildman–Crippen MR) is 56.8 cm³/mol. The quantitative estimate of drug-likeness (QED) is 0.668.